The summed E-state index contributed by atoms with van der Waals surface area (Å²) in [5.74, 6) is 0. The lowest BCUT2D eigenvalue weighted by atomic mass is 10.1. The summed E-state index contributed by atoms with van der Waals surface area (Å²) in [6.07, 6.45) is 0.920. The number of nitrogens with zero attached hydrogens (tertiary/aromatic N) is 2. The molecule has 2 aliphatic heterocycles. The Morgan fingerprint density at radius 3 is 2.58 bits per heavy atom. The molecular formula is C9H18N2O. The van der Waals surface area contributed by atoms with E-state index < -0.39 is 0 Å². The van der Waals surface area contributed by atoms with Crippen molar-refractivity contribution in [3.63, 3.8) is 0 Å². The summed E-state index contributed by atoms with van der Waals surface area (Å²) in [4.78, 5) is 4.87. The highest BCUT2D eigenvalue weighted by Gasteiger charge is 2.34. The number of aliphatic hydroxyl groups is 1. The quantitative estimate of drug-likeness (QED) is 0.619. The van der Waals surface area contributed by atoms with Gasteiger partial charge in [0.05, 0.1) is 6.10 Å². The van der Waals surface area contributed by atoms with Crippen molar-refractivity contribution in [3.8, 4) is 0 Å². The van der Waals surface area contributed by atoms with Gasteiger partial charge in [0.2, 0.25) is 0 Å². The van der Waals surface area contributed by atoms with E-state index in [1.807, 2.05) is 0 Å². The van der Waals surface area contributed by atoms with Gasteiger partial charge in [-0.05, 0) is 13.0 Å². The van der Waals surface area contributed by atoms with Gasteiger partial charge in [-0.1, -0.05) is 6.92 Å². The van der Waals surface area contributed by atoms with Gasteiger partial charge in [-0.25, -0.2) is 0 Å². The first-order valence-corrected chi connectivity index (χ1v) is 4.94. The minimum absolute atomic E-state index is 0.0549. The molecule has 2 aliphatic rings. The van der Waals surface area contributed by atoms with Gasteiger partial charge in [0.1, 0.15) is 0 Å². The third-order valence-corrected chi connectivity index (χ3v) is 3.10. The molecule has 0 saturated carbocycles. The van der Waals surface area contributed by atoms with E-state index in [9.17, 15) is 5.11 Å². The third kappa shape index (κ3) is 1.49. The van der Waals surface area contributed by atoms with Crippen molar-refractivity contribution in [2.45, 2.75) is 25.5 Å². The maximum atomic E-state index is 9.34. The van der Waals surface area contributed by atoms with Crippen molar-refractivity contribution in [2.24, 2.45) is 0 Å². The van der Waals surface area contributed by atoms with E-state index in [1.165, 1.54) is 19.6 Å². The molecule has 3 nitrogen and oxygen atoms in total. The molecule has 0 spiro atoms. The lowest BCUT2D eigenvalue weighted by molar-refractivity contribution is 0.0439. The molecule has 0 aromatic carbocycles. The number of aliphatic hydroxyl groups excluding tert-OH is 1. The fraction of sp³-hybridized carbons (Fsp3) is 1.00. The predicted molar refractivity (Wildman–Crippen MR) is 48.1 cm³/mol. The van der Waals surface area contributed by atoms with Gasteiger partial charge in [0.25, 0.3) is 0 Å². The SMILES string of the molecule is CCN1CC(N2CCC(O)C2)C1. The lowest BCUT2D eigenvalue weighted by Gasteiger charge is -2.43. The highest BCUT2D eigenvalue weighted by Crippen LogP contribution is 2.19. The van der Waals surface area contributed by atoms with Crippen LogP contribution in [0.2, 0.25) is 0 Å². The highest BCUT2D eigenvalue weighted by molar-refractivity contribution is 4.91. The zero-order valence-electron chi connectivity index (χ0n) is 7.74. The van der Waals surface area contributed by atoms with Crippen molar-refractivity contribution in [1.29, 1.82) is 0 Å². The van der Waals surface area contributed by atoms with Crippen LogP contribution in [0.5, 0.6) is 0 Å². The largest absolute Gasteiger partial charge is 0.392 e. The van der Waals surface area contributed by atoms with E-state index in [0.29, 0.717) is 0 Å². The zero-order chi connectivity index (χ0) is 8.55. The molecule has 2 rings (SSSR count). The molecule has 0 bridgehead atoms. The topological polar surface area (TPSA) is 26.7 Å². The number of likely N-dealkylation sites (tertiary alicyclic amines) is 2. The van der Waals surface area contributed by atoms with E-state index in [-0.39, 0.29) is 6.10 Å². The van der Waals surface area contributed by atoms with Crippen LogP contribution < -0.4 is 0 Å². The summed E-state index contributed by atoms with van der Waals surface area (Å²) in [5, 5.41) is 9.34. The third-order valence-electron chi connectivity index (χ3n) is 3.10. The number of likely N-dealkylation sites (N-methyl/N-ethyl adjacent to an activating group) is 1. The second-order valence-corrected chi connectivity index (χ2v) is 3.94. The Morgan fingerprint density at radius 2 is 2.08 bits per heavy atom. The van der Waals surface area contributed by atoms with Crippen LogP contribution in [-0.4, -0.2) is 59.8 Å². The summed E-state index contributed by atoms with van der Waals surface area (Å²) in [7, 11) is 0. The van der Waals surface area contributed by atoms with Crippen molar-refractivity contribution in [2.75, 3.05) is 32.7 Å². The number of hydrogen-bond acceptors (Lipinski definition) is 3. The average molecular weight is 170 g/mol. The lowest BCUT2D eigenvalue weighted by Crippen LogP contribution is -2.58. The Labute approximate surface area is 74.0 Å². The molecule has 0 aromatic heterocycles. The van der Waals surface area contributed by atoms with Gasteiger partial charge in [0, 0.05) is 32.2 Å². The molecule has 70 valence electrons. The molecule has 1 N–H and O–H groups in total. The molecule has 12 heavy (non-hydrogen) atoms. The molecule has 2 saturated heterocycles. The van der Waals surface area contributed by atoms with E-state index in [2.05, 4.69) is 16.7 Å². The van der Waals surface area contributed by atoms with E-state index in [0.717, 1.165) is 25.6 Å². The van der Waals surface area contributed by atoms with Crippen LogP contribution in [0.15, 0.2) is 0 Å². The second-order valence-electron chi connectivity index (χ2n) is 3.94. The predicted octanol–water partition coefficient (Wildman–Crippen LogP) is -0.243. The molecular weight excluding hydrogens is 152 g/mol. The molecule has 1 atom stereocenters. The van der Waals surface area contributed by atoms with Gasteiger partial charge in [-0.2, -0.15) is 0 Å². The van der Waals surface area contributed by atoms with Crippen LogP contribution in [0, 0.1) is 0 Å². The summed E-state index contributed by atoms with van der Waals surface area (Å²) in [6.45, 7) is 7.81. The van der Waals surface area contributed by atoms with E-state index >= 15 is 0 Å². The monoisotopic (exact) mass is 170 g/mol. The summed E-state index contributed by atoms with van der Waals surface area (Å²) >= 11 is 0. The highest BCUT2D eigenvalue weighted by atomic mass is 16.3. The molecule has 0 aliphatic carbocycles. The Kier molecular flexibility index (Phi) is 2.35. The zero-order valence-corrected chi connectivity index (χ0v) is 7.74. The maximum absolute atomic E-state index is 9.34. The number of rotatable bonds is 2. The number of β-amino-alcohol motifs (C(OH)–C–C–N with tert-alkyl or cyclic N) is 1. The molecule has 3 heteroatoms. The minimum atomic E-state index is -0.0549. The van der Waals surface area contributed by atoms with Crippen LogP contribution in [0.4, 0.5) is 0 Å². The van der Waals surface area contributed by atoms with Crippen molar-refractivity contribution in [1.82, 2.24) is 9.80 Å². The Bertz CT molecular complexity index is 157. The second kappa shape index (κ2) is 3.32. The summed E-state index contributed by atoms with van der Waals surface area (Å²) in [5.41, 5.74) is 0. The van der Waals surface area contributed by atoms with Crippen molar-refractivity contribution < 1.29 is 5.11 Å². The fourth-order valence-electron chi connectivity index (χ4n) is 2.13. The Balaban J connectivity index is 1.74. The Morgan fingerprint density at radius 1 is 1.33 bits per heavy atom. The van der Waals surface area contributed by atoms with E-state index in [1.54, 1.807) is 0 Å². The van der Waals surface area contributed by atoms with Gasteiger partial charge < -0.3 is 10.0 Å². The molecule has 2 heterocycles. The van der Waals surface area contributed by atoms with Crippen LogP contribution in [0.1, 0.15) is 13.3 Å². The molecule has 0 aromatic rings. The first-order valence-electron chi connectivity index (χ1n) is 4.94. The summed E-state index contributed by atoms with van der Waals surface area (Å²) < 4.78 is 0. The fourth-order valence-corrected chi connectivity index (χ4v) is 2.13. The summed E-state index contributed by atoms with van der Waals surface area (Å²) in [6, 6.07) is 0.738. The van der Waals surface area contributed by atoms with E-state index in [4.69, 9.17) is 0 Å². The first-order chi connectivity index (χ1) is 5.79. The van der Waals surface area contributed by atoms with Crippen LogP contribution in [-0.2, 0) is 0 Å². The Hall–Kier alpha value is -0.120. The van der Waals surface area contributed by atoms with Crippen molar-refractivity contribution in [3.05, 3.63) is 0 Å². The van der Waals surface area contributed by atoms with Gasteiger partial charge in [-0.3, -0.25) is 4.90 Å². The van der Waals surface area contributed by atoms with Gasteiger partial charge in [0.15, 0.2) is 0 Å². The number of hydrogen-bond donors (Lipinski definition) is 1. The normalized spacial score (nSPS) is 34.0. The van der Waals surface area contributed by atoms with Crippen LogP contribution >= 0.6 is 0 Å². The van der Waals surface area contributed by atoms with Crippen LogP contribution in [0.3, 0.4) is 0 Å². The first kappa shape index (κ1) is 8.48. The van der Waals surface area contributed by atoms with Gasteiger partial charge in [-0.15, -0.1) is 0 Å². The standard InChI is InChI=1S/C9H18N2O/c1-2-10-5-8(6-10)11-4-3-9(12)7-11/h8-9,12H,2-7H2,1H3. The smallest absolute Gasteiger partial charge is 0.0679 e. The maximum Gasteiger partial charge on any atom is 0.0679 e. The average Bonchev–Trinajstić information content (AvgIpc) is 2.34. The van der Waals surface area contributed by atoms with Crippen molar-refractivity contribution >= 4 is 0 Å². The molecule has 2 fully saturated rings. The molecule has 1 unspecified atom stereocenters. The van der Waals surface area contributed by atoms with Crippen LogP contribution in [0.25, 0.3) is 0 Å². The molecule has 0 radical (unpaired) electrons. The molecule has 0 amide bonds. The van der Waals surface area contributed by atoms with Gasteiger partial charge >= 0.3 is 0 Å². The minimum Gasteiger partial charge on any atom is -0.392 e.